The zero-order valence-electron chi connectivity index (χ0n) is 8.64. The number of nitrogens with two attached hydrogens (primary N) is 1. The molecule has 0 fully saturated rings. The molecule has 17 heavy (non-hydrogen) atoms. The summed E-state index contributed by atoms with van der Waals surface area (Å²) in [5.74, 6) is 4.91. The fourth-order valence-electron chi connectivity index (χ4n) is 1.30. The van der Waals surface area contributed by atoms with E-state index in [1.807, 2.05) is 5.43 Å². The van der Waals surface area contributed by atoms with E-state index in [1.165, 1.54) is 0 Å². The molecule has 1 atom stereocenters. The Kier molecular flexibility index (Phi) is 4.41. The molecule has 3 N–H and O–H groups in total. The number of halogens is 5. The first-order valence-electron chi connectivity index (χ1n) is 4.75. The lowest BCUT2D eigenvalue weighted by molar-refractivity contribution is -0.137. The number of nitrogens with one attached hydrogen (secondary N) is 1. The second-order valence-corrected chi connectivity index (χ2v) is 3.51. The standard InChI is InChI=1S/C10H11F5N2/c11-9(12)8(17-16)5-6-1-3-7(4-2-6)10(13,14)15/h1-4,8-9,17H,5,16H2. The van der Waals surface area contributed by atoms with Crippen molar-refractivity contribution in [2.24, 2.45) is 5.84 Å². The summed E-state index contributed by atoms with van der Waals surface area (Å²) in [4.78, 5) is 0. The largest absolute Gasteiger partial charge is 0.416 e. The number of hydrogen-bond donors (Lipinski definition) is 2. The Morgan fingerprint density at radius 1 is 1.12 bits per heavy atom. The molecule has 0 aliphatic rings. The summed E-state index contributed by atoms with van der Waals surface area (Å²) >= 11 is 0. The summed E-state index contributed by atoms with van der Waals surface area (Å²) in [6.07, 6.45) is -7.23. The minimum Gasteiger partial charge on any atom is -0.271 e. The number of benzene rings is 1. The fraction of sp³-hybridized carbons (Fsp3) is 0.400. The van der Waals surface area contributed by atoms with Gasteiger partial charge in [-0.05, 0) is 24.1 Å². The van der Waals surface area contributed by atoms with E-state index in [0.717, 1.165) is 24.3 Å². The van der Waals surface area contributed by atoms with Gasteiger partial charge < -0.3 is 0 Å². The smallest absolute Gasteiger partial charge is 0.271 e. The zero-order valence-corrected chi connectivity index (χ0v) is 8.64. The van der Waals surface area contributed by atoms with E-state index in [9.17, 15) is 22.0 Å². The number of alkyl halides is 5. The maximum atomic E-state index is 12.3. The van der Waals surface area contributed by atoms with Gasteiger partial charge in [-0.25, -0.2) is 8.78 Å². The van der Waals surface area contributed by atoms with Gasteiger partial charge in [0.2, 0.25) is 0 Å². The first-order valence-corrected chi connectivity index (χ1v) is 4.75. The van der Waals surface area contributed by atoms with Gasteiger partial charge in [0.1, 0.15) is 0 Å². The van der Waals surface area contributed by atoms with Crippen LogP contribution >= 0.6 is 0 Å². The lowest BCUT2D eigenvalue weighted by atomic mass is 10.0. The van der Waals surface area contributed by atoms with Crippen molar-refractivity contribution in [1.82, 2.24) is 5.43 Å². The zero-order chi connectivity index (χ0) is 13.1. The molecule has 0 aromatic heterocycles. The number of hydrazine groups is 1. The van der Waals surface area contributed by atoms with Crippen LogP contribution in [0, 0.1) is 0 Å². The third-order valence-corrected chi connectivity index (χ3v) is 2.26. The first kappa shape index (κ1) is 13.9. The maximum absolute atomic E-state index is 12.3. The third kappa shape index (κ3) is 3.94. The van der Waals surface area contributed by atoms with E-state index >= 15 is 0 Å². The SMILES string of the molecule is NNC(Cc1ccc(C(F)(F)F)cc1)C(F)F. The minimum absolute atomic E-state index is 0.133. The Labute approximate surface area is 94.6 Å². The quantitative estimate of drug-likeness (QED) is 0.491. The van der Waals surface area contributed by atoms with Crippen molar-refractivity contribution in [3.05, 3.63) is 35.4 Å². The van der Waals surface area contributed by atoms with E-state index in [-0.39, 0.29) is 6.42 Å². The molecule has 1 aromatic carbocycles. The molecule has 1 rings (SSSR count). The first-order chi connectivity index (χ1) is 7.84. The molecule has 0 aliphatic heterocycles. The van der Waals surface area contributed by atoms with Crippen LogP contribution in [-0.2, 0) is 12.6 Å². The van der Waals surface area contributed by atoms with Crippen LogP contribution in [0.5, 0.6) is 0 Å². The Morgan fingerprint density at radius 3 is 2.00 bits per heavy atom. The Morgan fingerprint density at radius 2 is 1.65 bits per heavy atom. The molecule has 0 radical (unpaired) electrons. The molecule has 0 spiro atoms. The molecule has 7 heteroatoms. The maximum Gasteiger partial charge on any atom is 0.416 e. The summed E-state index contributed by atoms with van der Waals surface area (Å²) in [6, 6.07) is 2.76. The van der Waals surface area contributed by atoms with Gasteiger partial charge in [0.25, 0.3) is 6.43 Å². The molecule has 2 nitrogen and oxygen atoms in total. The molecule has 0 bridgehead atoms. The van der Waals surface area contributed by atoms with Gasteiger partial charge in [-0.3, -0.25) is 11.3 Å². The van der Waals surface area contributed by atoms with E-state index in [1.54, 1.807) is 0 Å². The highest BCUT2D eigenvalue weighted by Crippen LogP contribution is 2.29. The summed E-state index contributed by atoms with van der Waals surface area (Å²) in [5, 5.41) is 0. The van der Waals surface area contributed by atoms with Crippen molar-refractivity contribution in [1.29, 1.82) is 0 Å². The monoisotopic (exact) mass is 254 g/mol. The third-order valence-electron chi connectivity index (χ3n) is 2.26. The van der Waals surface area contributed by atoms with Gasteiger partial charge in [-0.2, -0.15) is 13.2 Å². The summed E-state index contributed by atoms with van der Waals surface area (Å²) in [6.45, 7) is 0. The molecular formula is C10H11F5N2. The van der Waals surface area contributed by atoms with Gasteiger partial charge in [-0.1, -0.05) is 12.1 Å². The van der Waals surface area contributed by atoms with Crippen molar-refractivity contribution < 1.29 is 22.0 Å². The highest BCUT2D eigenvalue weighted by atomic mass is 19.4. The van der Waals surface area contributed by atoms with Crippen LogP contribution < -0.4 is 11.3 Å². The highest BCUT2D eigenvalue weighted by Gasteiger charge is 2.30. The van der Waals surface area contributed by atoms with Crippen LogP contribution in [0.3, 0.4) is 0 Å². The van der Waals surface area contributed by atoms with Gasteiger partial charge in [0, 0.05) is 0 Å². The molecule has 0 saturated heterocycles. The van der Waals surface area contributed by atoms with Crippen LogP contribution in [0.25, 0.3) is 0 Å². The summed E-state index contributed by atoms with van der Waals surface area (Å²) in [5.41, 5.74) is 1.48. The summed E-state index contributed by atoms with van der Waals surface area (Å²) in [7, 11) is 0. The molecule has 1 unspecified atom stereocenters. The molecular weight excluding hydrogens is 243 g/mol. The molecule has 0 heterocycles. The second kappa shape index (κ2) is 5.42. The molecule has 96 valence electrons. The van der Waals surface area contributed by atoms with Gasteiger partial charge in [0.15, 0.2) is 0 Å². The van der Waals surface area contributed by atoms with Crippen LogP contribution in [-0.4, -0.2) is 12.5 Å². The second-order valence-electron chi connectivity index (χ2n) is 3.51. The average Bonchev–Trinajstić information content (AvgIpc) is 2.25. The van der Waals surface area contributed by atoms with E-state index in [2.05, 4.69) is 0 Å². The van der Waals surface area contributed by atoms with E-state index < -0.39 is 24.2 Å². The van der Waals surface area contributed by atoms with Crippen molar-refractivity contribution in [2.45, 2.75) is 25.1 Å². The van der Waals surface area contributed by atoms with Gasteiger partial charge in [-0.15, -0.1) is 0 Å². The number of rotatable bonds is 4. The molecule has 1 aromatic rings. The number of hydrogen-bond acceptors (Lipinski definition) is 2. The highest BCUT2D eigenvalue weighted by molar-refractivity contribution is 5.25. The van der Waals surface area contributed by atoms with Crippen molar-refractivity contribution >= 4 is 0 Å². The lowest BCUT2D eigenvalue weighted by Gasteiger charge is -2.15. The predicted octanol–water partition coefficient (Wildman–Crippen LogP) is 2.34. The van der Waals surface area contributed by atoms with Gasteiger partial charge >= 0.3 is 6.18 Å². The van der Waals surface area contributed by atoms with Crippen molar-refractivity contribution in [2.75, 3.05) is 0 Å². The normalized spacial score (nSPS) is 14.1. The van der Waals surface area contributed by atoms with E-state index in [0.29, 0.717) is 5.56 Å². The van der Waals surface area contributed by atoms with E-state index in [4.69, 9.17) is 5.84 Å². The lowest BCUT2D eigenvalue weighted by Crippen LogP contribution is -2.42. The minimum atomic E-state index is -4.42. The fourth-order valence-corrected chi connectivity index (χ4v) is 1.30. The molecule has 0 aliphatic carbocycles. The summed E-state index contributed by atoms with van der Waals surface area (Å²) < 4.78 is 61.3. The average molecular weight is 254 g/mol. The van der Waals surface area contributed by atoms with Crippen molar-refractivity contribution in [3.63, 3.8) is 0 Å². The Hall–Kier alpha value is -1.21. The van der Waals surface area contributed by atoms with Crippen LogP contribution in [0.1, 0.15) is 11.1 Å². The van der Waals surface area contributed by atoms with Gasteiger partial charge in [0.05, 0.1) is 11.6 Å². The van der Waals surface area contributed by atoms with Crippen LogP contribution in [0.4, 0.5) is 22.0 Å². The molecule has 0 amide bonds. The predicted molar refractivity (Wildman–Crippen MR) is 52.3 cm³/mol. The van der Waals surface area contributed by atoms with Crippen LogP contribution in [0.15, 0.2) is 24.3 Å². The van der Waals surface area contributed by atoms with Crippen molar-refractivity contribution in [3.8, 4) is 0 Å². The Bertz CT molecular complexity index is 347. The van der Waals surface area contributed by atoms with Crippen LogP contribution in [0.2, 0.25) is 0 Å². The molecule has 0 saturated carbocycles. The Balaban J connectivity index is 2.75. The topological polar surface area (TPSA) is 38.0 Å².